The molecule has 2 bridgehead atoms. The van der Waals surface area contributed by atoms with Gasteiger partial charge in [-0.3, -0.25) is 9.59 Å². The minimum Gasteiger partial charge on any atom is -0.496 e. The molecule has 1 spiro atoms. The highest BCUT2D eigenvalue weighted by Crippen LogP contribution is 2.49. The summed E-state index contributed by atoms with van der Waals surface area (Å²) in [4.78, 5) is 34.3. The highest BCUT2D eigenvalue weighted by molar-refractivity contribution is 7.22. The number of thiazole rings is 1. The Labute approximate surface area is 248 Å². The normalized spacial score (nSPS) is 25.7. The van der Waals surface area contributed by atoms with E-state index in [2.05, 4.69) is 15.5 Å². The third-order valence-electron chi connectivity index (χ3n) is 9.42. The number of methoxy groups -OCH3 is 1. The highest BCUT2D eigenvalue weighted by atomic mass is 32.1. The number of amides is 2. The summed E-state index contributed by atoms with van der Waals surface area (Å²) >= 11 is 1.41. The van der Waals surface area contributed by atoms with Crippen molar-refractivity contribution in [1.82, 2.24) is 10.3 Å². The Morgan fingerprint density at radius 2 is 1.95 bits per heavy atom. The van der Waals surface area contributed by atoms with Crippen molar-refractivity contribution in [3.05, 3.63) is 47.3 Å². The van der Waals surface area contributed by atoms with Crippen LogP contribution < -0.4 is 20.3 Å². The van der Waals surface area contributed by atoms with E-state index in [1.165, 1.54) is 18.4 Å². The van der Waals surface area contributed by atoms with Gasteiger partial charge in [0.1, 0.15) is 22.7 Å². The number of halogens is 4. The summed E-state index contributed by atoms with van der Waals surface area (Å²) in [6.07, 6.45) is -0.477. The van der Waals surface area contributed by atoms with Crippen molar-refractivity contribution in [1.29, 1.82) is 0 Å². The lowest BCUT2D eigenvalue weighted by Gasteiger charge is -2.46. The first-order valence-corrected chi connectivity index (χ1v) is 15.2. The zero-order valence-electron chi connectivity index (χ0n) is 23.3. The fourth-order valence-electron chi connectivity index (χ4n) is 7.42. The molecule has 2 saturated carbocycles. The molecule has 8 nitrogen and oxygen atoms in total. The molecule has 3 heterocycles. The molecule has 2 aliphatic carbocycles. The molecule has 43 heavy (non-hydrogen) atoms. The maximum Gasteiger partial charge on any atom is 0.419 e. The monoisotopic (exact) mass is 618 g/mol. The smallest absolute Gasteiger partial charge is 0.419 e. The zero-order chi connectivity index (χ0) is 30.1. The van der Waals surface area contributed by atoms with Crippen molar-refractivity contribution in [3.63, 3.8) is 0 Å². The summed E-state index contributed by atoms with van der Waals surface area (Å²) in [7, 11) is 1.49. The first kappa shape index (κ1) is 28.3. The Kier molecular flexibility index (Phi) is 6.80. The zero-order valence-corrected chi connectivity index (χ0v) is 24.1. The van der Waals surface area contributed by atoms with Crippen molar-refractivity contribution in [2.75, 3.05) is 37.0 Å². The Balaban J connectivity index is 1.13. The van der Waals surface area contributed by atoms with E-state index in [0.717, 1.165) is 63.0 Å². The summed E-state index contributed by atoms with van der Waals surface area (Å²) in [5.41, 5.74) is -0.693. The molecule has 0 radical (unpaired) electrons. The molecule has 4 atom stereocenters. The number of carbonyl (C=O) groups excluding carboxylic acids is 2. The van der Waals surface area contributed by atoms with Crippen LogP contribution in [0.15, 0.2) is 30.3 Å². The lowest BCUT2D eigenvalue weighted by molar-refractivity contribution is -0.140. The van der Waals surface area contributed by atoms with Crippen LogP contribution in [0, 0.1) is 23.6 Å². The second-order valence-electron chi connectivity index (χ2n) is 12.0. The van der Waals surface area contributed by atoms with Crippen LogP contribution in [0.5, 0.6) is 5.75 Å². The van der Waals surface area contributed by atoms with Crippen LogP contribution in [0.25, 0.3) is 10.2 Å². The molecule has 2 amide bonds. The predicted octanol–water partition coefficient (Wildman–Crippen LogP) is 5.62. The third-order valence-corrected chi connectivity index (χ3v) is 10.6. The van der Waals surface area contributed by atoms with Gasteiger partial charge in [0, 0.05) is 18.3 Å². The Morgan fingerprint density at radius 3 is 2.67 bits per heavy atom. The van der Waals surface area contributed by atoms with Crippen LogP contribution in [0.1, 0.15) is 48.0 Å². The van der Waals surface area contributed by atoms with E-state index in [9.17, 15) is 27.2 Å². The Bertz CT molecular complexity index is 1600. The van der Waals surface area contributed by atoms with Gasteiger partial charge < -0.3 is 25.0 Å². The fourth-order valence-corrected chi connectivity index (χ4v) is 8.52. The second-order valence-corrected chi connectivity index (χ2v) is 13.0. The number of alkyl halides is 3. The number of nitrogens with one attached hydrogen (secondary N) is 2. The molecule has 1 aromatic heterocycles. The summed E-state index contributed by atoms with van der Waals surface area (Å²) in [6, 6.07) is 5.40. The second kappa shape index (κ2) is 10.3. The molecule has 13 heteroatoms. The summed E-state index contributed by atoms with van der Waals surface area (Å²) in [5, 5.41) is 6.43. The molecule has 4 aliphatic rings. The quantitative estimate of drug-likeness (QED) is 0.349. The maximum atomic E-state index is 13.9. The number of ether oxygens (including phenoxy) is 2. The molecular weight excluding hydrogens is 588 g/mol. The summed E-state index contributed by atoms with van der Waals surface area (Å²) in [5.74, 6) is -2.54. The minimum atomic E-state index is -4.90. The van der Waals surface area contributed by atoms with Gasteiger partial charge in [-0.1, -0.05) is 11.3 Å². The number of hydrogen-bond donors (Lipinski definition) is 2. The molecule has 7 rings (SSSR count). The minimum absolute atomic E-state index is 0.0259. The van der Waals surface area contributed by atoms with Gasteiger partial charge in [0.05, 0.1) is 41.9 Å². The van der Waals surface area contributed by atoms with Crippen molar-refractivity contribution in [2.45, 2.75) is 49.9 Å². The van der Waals surface area contributed by atoms with Gasteiger partial charge in [-0.15, -0.1) is 0 Å². The summed E-state index contributed by atoms with van der Waals surface area (Å²) in [6.45, 7) is 2.29. The van der Waals surface area contributed by atoms with Crippen molar-refractivity contribution in [3.8, 4) is 5.75 Å². The van der Waals surface area contributed by atoms with Gasteiger partial charge in [-0.2, -0.15) is 13.2 Å². The number of aromatic nitrogens is 1. The SMILES string of the molecule is COc1ccc2nc(N3CC4(CCCO4)C3)sc2c1C(=O)N[C@@H]1[C@H]2CC[C@H](C2)[C@@H]1C(=O)Nc1ccc(F)c(C(F)(F)F)c1. The van der Waals surface area contributed by atoms with Crippen LogP contribution in [-0.4, -0.2) is 55.2 Å². The molecular formula is C30H30F4N4O4S. The third kappa shape index (κ3) is 4.90. The van der Waals surface area contributed by atoms with Crippen LogP contribution in [-0.2, 0) is 15.7 Å². The van der Waals surface area contributed by atoms with Crippen molar-refractivity contribution < 1.29 is 36.6 Å². The van der Waals surface area contributed by atoms with Gasteiger partial charge >= 0.3 is 6.18 Å². The average molecular weight is 619 g/mol. The topological polar surface area (TPSA) is 92.8 Å². The van der Waals surface area contributed by atoms with Crippen molar-refractivity contribution >= 4 is 44.2 Å². The highest BCUT2D eigenvalue weighted by Gasteiger charge is 2.52. The predicted molar refractivity (Wildman–Crippen MR) is 152 cm³/mol. The fraction of sp³-hybridized carbons (Fsp3) is 0.500. The molecule has 2 aliphatic heterocycles. The van der Waals surface area contributed by atoms with Crippen LogP contribution in [0.4, 0.5) is 28.4 Å². The van der Waals surface area contributed by atoms with Gasteiger partial charge in [0.15, 0.2) is 5.13 Å². The van der Waals surface area contributed by atoms with Gasteiger partial charge in [0.25, 0.3) is 5.91 Å². The van der Waals surface area contributed by atoms with Gasteiger partial charge in [-0.05, 0) is 74.3 Å². The van der Waals surface area contributed by atoms with Gasteiger partial charge in [0.2, 0.25) is 5.91 Å². The number of fused-ring (bicyclic) bond motifs is 3. The number of carbonyl (C=O) groups is 2. The lowest BCUT2D eigenvalue weighted by Crippen LogP contribution is -2.61. The molecule has 2 N–H and O–H groups in total. The molecule has 4 fully saturated rings. The van der Waals surface area contributed by atoms with E-state index in [1.807, 2.05) is 6.07 Å². The number of benzene rings is 2. The van der Waals surface area contributed by atoms with E-state index < -0.39 is 41.3 Å². The van der Waals surface area contributed by atoms with Crippen LogP contribution in [0.2, 0.25) is 0 Å². The van der Waals surface area contributed by atoms with Crippen LogP contribution in [0.3, 0.4) is 0 Å². The molecule has 228 valence electrons. The Hall–Kier alpha value is -3.45. The lowest BCUT2D eigenvalue weighted by atomic mass is 9.83. The average Bonchev–Trinajstić information content (AvgIpc) is 3.75. The molecule has 2 aromatic carbocycles. The largest absolute Gasteiger partial charge is 0.496 e. The van der Waals surface area contributed by atoms with E-state index >= 15 is 0 Å². The number of hydrogen-bond acceptors (Lipinski definition) is 7. The summed E-state index contributed by atoms with van der Waals surface area (Å²) < 4.78 is 65.7. The van der Waals surface area contributed by atoms with E-state index in [0.29, 0.717) is 33.7 Å². The molecule has 3 aromatic rings. The Morgan fingerprint density at radius 1 is 1.16 bits per heavy atom. The van der Waals surface area contributed by atoms with Gasteiger partial charge in [-0.25, -0.2) is 9.37 Å². The standard InChI is InChI=1S/C30H30F4N4O4S/c1-41-21-8-7-20-25(43-28(36-20)38-13-29(14-38)9-2-10-42-29)23(21)27(40)37-24-16-4-3-15(11-16)22(24)26(39)35-17-5-6-19(31)18(12-17)30(32,33)34/h5-8,12,15-16,22,24H,2-4,9-11,13-14H2,1H3,(H,35,39)(H,37,40)/t15-,16+,22+,24-/m1/s1. The van der Waals surface area contributed by atoms with Crippen molar-refractivity contribution in [2.24, 2.45) is 17.8 Å². The first-order chi connectivity index (χ1) is 20.5. The van der Waals surface area contributed by atoms with E-state index in [-0.39, 0.29) is 23.1 Å². The number of nitrogens with zero attached hydrogens (tertiary/aromatic N) is 2. The van der Waals surface area contributed by atoms with E-state index in [1.54, 1.807) is 6.07 Å². The first-order valence-electron chi connectivity index (χ1n) is 14.4. The van der Waals surface area contributed by atoms with E-state index in [4.69, 9.17) is 14.5 Å². The van der Waals surface area contributed by atoms with Crippen LogP contribution >= 0.6 is 11.3 Å². The molecule has 0 unspecified atom stereocenters. The number of anilines is 2. The maximum absolute atomic E-state index is 13.9. The number of rotatable bonds is 6. The molecule has 2 saturated heterocycles.